The summed E-state index contributed by atoms with van der Waals surface area (Å²) in [4.78, 5) is 32.4. The van der Waals surface area contributed by atoms with Crippen molar-refractivity contribution < 1.29 is 14.4 Å². The average Bonchev–Trinajstić information content (AvgIpc) is 2.04. The number of carbonyl (C=O) groups is 3. The summed E-state index contributed by atoms with van der Waals surface area (Å²) >= 11 is 0.944. The molecule has 0 radical (unpaired) electrons. The van der Waals surface area contributed by atoms with E-state index in [1.807, 2.05) is 0 Å². The zero-order valence-corrected chi connectivity index (χ0v) is 7.10. The maximum Gasteiger partial charge on any atom is 0.207 e. The van der Waals surface area contributed by atoms with Crippen LogP contribution in [0.3, 0.4) is 0 Å². The van der Waals surface area contributed by atoms with Crippen molar-refractivity contribution in [1.29, 1.82) is 0 Å². The van der Waals surface area contributed by atoms with Crippen molar-refractivity contribution in [3.8, 4) is 0 Å². The van der Waals surface area contributed by atoms with Crippen molar-refractivity contribution in [2.24, 2.45) is 5.92 Å². The molecule has 1 aliphatic rings. The third kappa shape index (κ3) is 1.22. The second-order valence-electron chi connectivity index (χ2n) is 2.91. The minimum absolute atomic E-state index is 0.275. The van der Waals surface area contributed by atoms with Crippen LogP contribution < -0.4 is 0 Å². The van der Waals surface area contributed by atoms with Gasteiger partial charge >= 0.3 is 0 Å². The molecule has 1 atom stereocenters. The van der Waals surface area contributed by atoms with Gasteiger partial charge in [0, 0.05) is 0 Å². The second-order valence-corrected chi connectivity index (χ2v) is 4.54. The molecule has 11 heavy (non-hydrogen) atoms. The maximum absolute atomic E-state index is 11.2. The Hall–Kier alpha value is -0.640. The Kier molecular flexibility index (Phi) is 1.88. The van der Waals surface area contributed by atoms with Crippen LogP contribution in [0, 0.1) is 5.92 Å². The van der Waals surface area contributed by atoms with E-state index in [0.717, 1.165) is 11.8 Å². The molecular formula is C7H8O3S. The summed E-state index contributed by atoms with van der Waals surface area (Å²) in [5, 5.41) is -0.324. The number of ketones is 1. The third-order valence-corrected chi connectivity index (χ3v) is 2.79. The highest BCUT2D eigenvalue weighted by atomic mass is 32.2. The van der Waals surface area contributed by atoms with Crippen molar-refractivity contribution in [1.82, 2.24) is 0 Å². The first-order valence-electron chi connectivity index (χ1n) is 3.21. The Labute approximate surface area is 68.5 Å². The van der Waals surface area contributed by atoms with Gasteiger partial charge in [0.25, 0.3) is 0 Å². The van der Waals surface area contributed by atoms with E-state index < -0.39 is 10.7 Å². The molecular weight excluding hydrogens is 164 g/mol. The molecule has 0 bridgehead atoms. The van der Waals surface area contributed by atoms with E-state index in [4.69, 9.17) is 0 Å². The first kappa shape index (κ1) is 8.46. The minimum Gasteiger partial charge on any atom is -0.302 e. The molecule has 1 rings (SSSR count). The Morgan fingerprint density at radius 1 is 1.45 bits per heavy atom. The molecule has 4 heteroatoms. The van der Waals surface area contributed by atoms with Crippen LogP contribution in [0.2, 0.25) is 0 Å². The van der Waals surface area contributed by atoms with E-state index in [9.17, 15) is 14.4 Å². The predicted molar refractivity (Wildman–Crippen MR) is 41.2 cm³/mol. The molecule has 0 aromatic heterocycles. The highest BCUT2D eigenvalue weighted by Gasteiger charge is 2.47. The Bertz CT molecular complexity index is 232. The molecule has 1 heterocycles. The lowest BCUT2D eigenvalue weighted by atomic mass is 9.98. The van der Waals surface area contributed by atoms with Gasteiger partial charge in [-0.2, -0.15) is 0 Å². The van der Waals surface area contributed by atoms with Gasteiger partial charge in [0.05, 0.1) is 4.75 Å². The standard InChI is InChI=1S/C7H8O3S/c1-7(2)5(9)4(3-8)6(10)11-7/h3-4H,1-2H3. The molecule has 0 spiro atoms. The van der Waals surface area contributed by atoms with Crippen LogP contribution in [0.5, 0.6) is 0 Å². The number of carbonyl (C=O) groups excluding carboxylic acids is 3. The predicted octanol–water partition coefficient (Wildman–Crippen LogP) is 0.423. The Balaban J connectivity index is 2.97. The first-order chi connectivity index (χ1) is 4.99. The van der Waals surface area contributed by atoms with E-state index >= 15 is 0 Å². The van der Waals surface area contributed by atoms with Gasteiger partial charge in [-0.25, -0.2) is 0 Å². The zero-order valence-electron chi connectivity index (χ0n) is 6.29. The van der Waals surface area contributed by atoms with Gasteiger partial charge in [0.1, 0.15) is 12.2 Å². The molecule has 1 unspecified atom stereocenters. The van der Waals surface area contributed by atoms with Gasteiger partial charge in [-0.15, -0.1) is 0 Å². The summed E-state index contributed by atoms with van der Waals surface area (Å²) < 4.78 is -0.706. The average molecular weight is 172 g/mol. The molecule has 0 N–H and O–H groups in total. The molecule has 0 aromatic carbocycles. The normalized spacial score (nSPS) is 29.1. The molecule has 0 saturated carbocycles. The van der Waals surface area contributed by atoms with E-state index in [1.54, 1.807) is 13.8 Å². The summed E-state index contributed by atoms with van der Waals surface area (Å²) in [6.45, 7) is 3.31. The molecule has 3 nitrogen and oxygen atoms in total. The van der Waals surface area contributed by atoms with Gasteiger partial charge in [-0.05, 0) is 13.8 Å². The Morgan fingerprint density at radius 3 is 2.18 bits per heavy atom. The third-order valence-electron chi connectivity index (χ3n) is 1.62. The summed E-state index contributed by atoms with van der Waals surface area (Å²) in [5.74, 6) is -1.29. The van der Waals surface area contributed by atoms with Crippen LogP contribution in [-0.4, -0.2) is 21.9 Å². The maximum atomic E-state index is 11.2. The van der Waals surface area contributed by atoms with Crippen LogP contribution in [0.25, 0.3) is 0 Å². The highest BCUT2D eigenvalue weighted by molar-refractivity contribution is 8.16. The van der Waals surface area contributed by atoms with Crippen molar-refractivity contribution in [2.45, 2.75) is 18.6 Å². The van der Waals surface area contributed by atoms with Gasteiger partial charge in [0.15, 0.2) is 5.78 Å². The lowest BCUT2D eigenvalue weighted by Crippen LogP contribution is -2.27. The molecule has 0 amide bonds. The quantitative estimate of drug-likeness (QED) is 0.425. The zero-order chi connectivity index (χ0) is 8.65. The van der Waals surface area contributed by atoms with Gasteiger partial charge in [0.2, 0.25) is 5.12 Å². The second kappa shape index (κ2) is 2.44. The first-order valence-corrected chi connectivity index (χ1v) is 4.03. The SMILES string of the molecule is CC1(C)SC(=O)C(C=O)C1=O. The minimum atomic E-state index is -1.02. The number of Topliss-reactive ketones (excluding diaryl/α,β-unsaturated/α-hetero) is 1. The molecule has 0 aliphatic carbocycles. The van der Waals surface area contributed by atoms with Crippen LogP contribution >= 0.6 is 11.8 Å². The van der Waals surface area contributed by atoms with E-state index in [-0.39, 0.29) is 10.9 Å². The van der Waals surface area contributed by atoms with E-state index in [1.165, 1.54) is 0 Å². The van der Waals surface area contributed by atoms with Crippen molar-refractivity contribution >= 4 is 28.9 Å². The van der Waals surface area contributed by atoms with E-state index in [0.29, 0.717) is 6.29 Å². The van der Waals surface area contributed by atoms with Crippen molar-refractivity contribution in [3.05, 3.63) is 0 Å². The van der Waals surface area contributed by atoms with E-state index in [2.05, 4.69) is 0 Å². The smallest absolute Gasteiger partial charge is 0.207 e. The fourth-order valence-electron chi connectivity index (χ4n) is 0.964. The number of thioether (sulfide) groups is 1. The van der Waals surface area contributed by atoms with Gasteiger partial charge < -0.3 is 4.79 Å². The highest BCUT2D eigenvalue weighted by Crippen LogP contribution is 2.37. The fourth-order valence-corrected chi connectivity index (χ4v) is 1.98. The van der Waals surface area contributed by atoms with Crippen molar-refractivity contribution in [2.75, 3.05) is 0 Å². The molecule has 0 aromatic rings. The number of hydrogen-bond donors (Lipinski definition) is 0. The summed E-state index contributed by atoms with van der Waals surface area (Å²) in [5.41, 5.74) is 0. The molecule has 60 valence electrons. The lowest BCUT2D eigenvalue weighted by Gasteiger charge is -2.10. The van der Waals surface area contributed by atoms with Gasteiger partial charge in [-0.3, -0.25) is 9.59 Å². The van der Waals surface area contributed by atoms with Crippen molar-refractivity contribution in [3.63, 3.8) is 0 Å². The van der Waals surface area contributed by atoms with Gasteiger partial charge in [-0.1, -0.05) is 11.8 Å². The molecule has 1 fully saturated rings. The summed E-state index contributed by atoms with van der Waals surface area (Å²) in [7, 11) is 0. The summed E-state index contributed by atoms with van der Waals surface area (Å²) in [6.07, 6.45) is 0.423. The van der Waals surface area contributed by atoms with Crippen LogP contribution in [-0.2, 0) is 14.4 Å². The van der Waals surface area contributed by atoms with Crippen LogP contribution in [0.4, 0.5) is 0 Å². The largest absolute Gasteiger partial charge is 0.302 e. The lowest BCUT2D eigenvalue weighted by molar-refractivity contribution is -0.131. The summed E-state index contributed by atoms with van der Waals surface area (Å²) in [6, 6.07) is 0. The number of aldehydes is 1. The Morgan fingerprint density at radius 2 is 2.00 bits per heavy atom. The molecule has 1 aliphatic heterocycles. The molecule has 1 saturated heterocycles. The number of hydrogen-bond acceptors (Lipinski definition) is 4. The topological polar surface area (TPSA) is 51.2 Å². The van der Waals surface area contributed by atoms with Crippen LogP contribution in [0.15, 0.2) is 0 Å². The number of rotatable bonds is 1. The van der Waals surface area contributed by atoms with Crippen LogP contribution in [0.1, 0.15) is 13.8 Å². The monoisotopic (exact) mass is 172 g/mol. The fraction of sp³-hybridized carbons (Fsp3) is 0.571.